The number of aromatic nitrogens is 4. The van der Waals surface area contributed by atoms with E-state index in [9.17, 15) is 0 Å². The molecule has 0 saturated carbocycles. The van der Waals surface area contributed by atoms with Gasteiger partial charge in [-0.1, -0.05) is 13.8 Å². The van der Waals surface area contributed by atoms with Crippen LogP contribution in [-0.2, 0) is 18.2 Å². The number of rotatable bonds is 8. The molecular weight excluding hydrogens is 230 g/mol. The molecular formula is C12H25N5O. The first-order valence-corrected chi connectivity index (χ1v) is 6.65. The summed E-state index contributed by atoms with van der Waals surface area (Å²) in [5.74, 6) is 0.753. The number of likely N-dealkylation sites (N-methyl/N-ethyl adjacent to an activating group) is 1. The van der Waals surface area contributed by atoms with E-state index in [1.807, 2.05) is 6.92 Å². The number of hydrogen-bond acceptors (Lipinski definition) is 5. The minimum Gasteiger partial charge on any atom is -0.374 e. The smallest absolute Gasteiger partial charge is 0.176 e. The van der Waals surface area contributed by atoms with E-state index in [0.29, 0.717) is 6.61 Å². The molecule has 1 rings (SSSR count). The average Bonchev–Trinajstić information content (AvgIpc) is 2.74. The van der Waals surface area contributed by atoms with Crippen LogP contribution >= 0.6 is 0 Å². The Kier molecular flexibility index (Phi) is 5.68. The van der Waals surface area contributed by atoms with Gasteiger partial charge in [0.2, 0.25) is 0 Å². The summed E-state index contributed by atoms with van der Waals surface area (Å²) in [5.41, 5.74) is -0.204. The Labute approximate surface area is 109 Å². The zero-order valence-corrected chi connectivity index (χ0v) is 12.1. The number of tetrazole rings is 1. The zero-order valence-electron chi connectivity index (χ0n) is 12.1. The van der Waals surface area contributed by atoms with Crippen LogP contribution in [0.3, 0.4) is 0 Å². The van der Waals surface area contributed by atoms with E-state index in [0.717, 1.165) is 25.2 Å². The van der Waals surface area contributed by atoms with Crippen molar-refractivity contribution in [1.29, 1.82) is 0 Å². The number of hydrogen-bond donors (Lipinski definition) is 1. The van der Waals surface area contributed by atoms with E-state index in [-0.39, 0.29) is 11.6 Å². The molecule has 1 N–H and O–H groups in total. The van der Waals surface area contributed by atoms with Crippen LogP contribution in [0.1, 0.15) is 39.9 Å². The van der Waals surface area contributed by atoms with Crippen LogP contribution < -0.4 is 5.32 Å². The van der Waals surface area contributed by atoms with Crippen LogP contribution in [0.5, 0.6) is 0 Å². The second-order valence-corrected chi connectivity index (χ2v) is 4.61. The summed E-state index contributed by atoms with van der Waals surface area (Å²) in [6.07, 6.45) is 1.67. The van der Waals surface area contributed by atoms with Crippen molar-refractivity contribution in [2.75, 3.05) is 13.2 Å². The van der Waals surface area contributed by atoms with E-state index in [2.05, 4.69) is 41.5 Å². The fraction of sp³-hybridized carbons (Fsp3) is 0.917. The minimum absolute atomic E-state index is 0.191. The van der Waals surface area contributed by atoms with Gasteiger partial charge in [-0.2, -0.15) is 4.80 Å². The van der Waals surface area contributed by atoms with Crippen LogP contribution in [0.25, 0.3) is 0 Å². The topological polar surface area (TPSA) is 64.9 Å². The van der Waals surface area contributed by atoms with Gasteiger partial charge in [0.1, 0.15) is 0 Å². The Morgan fingerprint density at radius 1 is 1.39 bits per heavy atom. The summed E-state index contributed by atoms with van der Waals surface area (Å²) in [6, 6.07) is 0.191. The fourth-order valence-electron chi connectivity index (χ4n) is 2.12. The molecule has 0 amide bonds. The van der Waals surface area contributed by atoms with Crippen LogP contribution in [0.2, 0.25) is 0 Å². The first-order valence-electron chi connectivity index (χ1n) is 6.65. The number of nitrogens with zero attached hydrogens (tertiary/aromatic N) is 4. The Morgan fingerprint density at radius 3 is 2.56 bits per heavy atom. The van der Waals surface area contributed by atoms with Gasteiger partial charge in [-0.15, -0.1) is 10.2 Å². The quantitative estimate of drug-likeness (QED) is 0.749. The van der Waals surface area contributed by atoms with Crippen molar-refractivity contribution in [1.82, 2.24) is 25.5 Å². The molecule has 1 heterocycles. The second kappa shape index (κ2) is 6.80. The average molecular weight is 255 g/mol. The Bertz CT molecular complexity index is 354. The second-order valence-electron chi connectivity index (χ2n) is 4.61. The number of aryl methyl sites for hydroxylation is 1. The maximum atomic E-state index is 5.93. The molecule has 104 valence electrons. The summed E-state index contributed by atoms with van der Waals surface area (Å²) >= 11 is 0. The van der Waals surface area contributed by atoms with E-state index < -0.39 is 0 Å². The van der Waals surface area contributed by atoms with Gasteiger partial charge in [0, 0.05) is 19.1 Å². The van der Waals surface area contributed by atoms with Gasteiger partial charge < -0.3 is 10.1 Å². The van der Waals surface area contributed by atoms with Gasteiger partial charge in [0.15, 0.2) is 5.82 Å². The summed E-state index contributed by atoms with van der Waals surface area (Å²) in [5, 5.41) is 15.6. The van der Waals surface area contributed by atoms with Crippen LogP contribution in [0.4, 0.5) is 0 Å². The lowest BCUT2D eigenvalue weighted by molar-refractivity contribution is -0.0551. The lowest BCUT2D eigenvalue weighted by Gasteiger charge is -2.36. The lowest BCUT2D eigenvalue weighted by Crippen LogP contribution is -2.51. The third-order valence-electron chi connectivity index (χ3n) is 3.30. The Hall–Kier alpha value is -1.01. The van der Waals surface area contributed by atoms with Crippen molar-refractivity contribution in [2.24, 2.45) is 7.05 Å². The highest BCUT2D eigenvalue weighted by Crippen LogP contribution is 2.22. The standard InChI is InChI=1S/C12H25N5O/c1-6-12(4,18-8-3)10(13-7-2)9-11-14-16-17(5)15-11/h10,13H,6-9H2,1-5H3. The molecule has 2 unspecified atom stereocenters. The lowest BCUT2D eigenvalue weighted by atomic mass is 9.90. The Morgan fingerprint density at radius 2 is 2.11 bits per heavy atom. The molecule has 2 atom stereocenters. The molecule has 0 fully saturated rings. The third-order valence-corrected chi connectivity index (χ3v) is 3.30. The predicted molar refractivity (Wildman–Crippen MR) is 70.3 cm³/mol. The van der Waals surface area contributed by atoms with Gasteiger partial charge in [-0.05, 0) is 32.0 Å². The minimum atomic E-state index is -0.204. The fourth-order valence-corrected chi connectivity index (χ4v) is 2.12. The third kappa shape index (κ3) is 3.74. The zero-order chi connectivity index (χ0) is 13.6. The van der Waals surface area contributed by atoms with Crippen LogP contribution in [-0.4, -0.2) is 45.0 Å². The molecule has 6 nitrogen and oxygen atoms in total. The molecule has 6 heteroatoms. The predicted octanol–water partition coefficient (Wildman–Crippen LogP) is 0.936. The van der Waals surface area contributed by atoms with E-state index >= 15 is 0 Å². The highest BCUT2D eigenvalue weighted by Gasteiger charge is 2.33. The highest BCUT2D eigenvalue weighted by atomic mass is 16.5. The summed E-state index contributed by atoms with van der Waals surface area (Å²) in [4.78, 5) is 1.49. The largest absolute Gasteiger partial charge is 0.374 e. The molecule has 0 radical (unpaired) electrons. The molecule has 0 saturated heterocycles. The van der Waals surface area contributed by atoms with Crippen molar-refractivity contribution >= 4 is 0 Å². The van der Waals surface area contributed by atoms with Crippen molar-refractivity contribution in [3.63, 3.8) is 0 Å². The van der Waals surface area contributed by atoms with Gasteiger partial charge >= 0.3 is 0 Å². The van der Waals surface area contributed by atoms with Crippen LogP contribution in [0.15, 0.2) is 0 Å². The Balaban J connectivity index is 2.80. The van der Waals surface area contributed by atoms with E-state index in [1.54, 1.807) is 7.05 Å². The summed E-state index contributed by atoms with van der Waals surface area (Å²) in [6.45, 7) is 10.0. The molecule has 1 aromatic rings. The first kappa shape index (κ1) is 15.0. The maximum Gasteiger partial charge on any atom is 0.176 e. The van der Waals surface area contributed by atoms with Crippen LogP contribution in [0, 0.1) is 0 Å². The molecule has 0 spiro atoms. The first-order chi connectivity index (χ1) is 8.55. The molecule has 0 aliphatic carbocycles. The molecule has 0 aliphatic rings. The number of ether oxygens (including phenoxy) is 1. The van der Waals surface area contributed by atoms with Gasteiger partial charge in [0.25, 0.3) is 0 Å². The summed E-state index contributed by atoms with van der Waals surface area (Å²) < 4.78 is 5.93. The van der Waals surface area contributed by atoms with Gasteiger partial charge in [0.05, 0.1) is 12.6 Å². The molecule has 18 heavy (non-hydrogen) atoms. The van der Waals surface area contributed by atoms with Crippen molar-refractivity contribution in [2.45, 2.75) is 52.2 Å². The van der Waals surface area contributed by atoms with Gasteiger partial charge in [-0.3, -0.25) is 0 Å². The number of nitrogens with one attached hydrogen (secondary N) is 1. The molecule has 0 aromatic carbocycles. The monoisotopic (exact) mass is 255 g/mol. The molecule has 1 aromatic heterocycles. The SMILES string of the molecule is CCNC(Cc1nnn(C)n1)C(C)(CC)OCC. The van der Waals surface area contributed by atoms with Crippen molar-refractivity contribution in [3.05, 3.63) is 5.82 Å². The van der Waals surface area contributed by atoms with E-state index in [4.69, 9.17) is 4.74 Å². The van der Waals surface area contributed by atoms with Crippen molar-refractivity contribution in [3.8, 4) is 0 Å². The maximum absolute atomic E-state index is 5.93. The van der Waals surface area contributed by atoms with Gasteiger partial charge in [-0.25, -0.2) is 0 Å². The normalized spacial score (nSPS) is 16.5. The van der Waals surface area contributed by atoms with E-state index in [1.165, 1.54) is 4.80 Å². The highest BCUT2D eigenvalue weighted by molar-refractivity contribution is 4.95. The van der Waals surface area contributed by atoms with Crippen molar-refractivity contribution < 1.29 is 4.74 Å². The molecule has 0 bridgehead atoms. The molecule has 0 aliphatic heterocycles. The summed E-state index contributed by atoms with van der Waals surface area (Å²) in [7, 11) is 1.78.